The Labute approximate surface area is 108 Å². The lowest BCUT2D eigenvalue weighted by Gasteiger charge is -2.07. The number of nitriles is 1. The third kappa shape index (κ3) is 2.84. The van der Waals surface area contributed by atoms with Crippen molar-refractivity contribution in [1.82, 2.24) is 4.98 Å². The minimum absolute atomic E-state index is 0.0786. The summed E-state index contributed by atoms with van der Waals surface area (Å²) >= 11 is 0. The number of aromatic nitrogens is 1. The summed E-state index contributed by atoms with van der Waals surface area (Å²) in [7, 11) is 0. The van der Waals surface area contributed by atoms with Crippen LogP contribution in [0.1, 0.15) is 16.1 Å². The number of benzene rings is 1. The molecule has 0 aliphatic heterocycles. The third-order valence-electron chi connectivity index (χ3n) is 2.36. The first-order valence-corrected chi connectivity index (χ1v) is 5.26. The number of hydrogen-bond acceptors (Lipinski definition) is 4. The van der Waals surface area contributed by atoms with E-state index in [4.69, 9.17) is 10.4 Å². The molecule has 0 unspecified atom stereocenters. The molecule has 5 nitrogen and oxygen atoms in total. The van der Waals surface area contributed by atoms with Crippen LogP contribution in [0.15, 0.2) is 36.5 Å². The zero-order valence-electron chi connectivity index (χ0n) is 9.59. The van der Waals surface area contributed by atoms with Crippen molar-refractivity contribution in [3.8, 4) is 6.07 Å². The van der Waals surface area contributed by atoms with Crippen molar-refractivity contribution >= 4 is 17.3 Å². The number of pyridine rings is 1. The number of carbonyl (C=O) groups is 1. The van der Waals surface area contributed by atoms with E-state index in [2.05, 4.69) is 10.3 Å². The number of halogens is 1. The number of nitrogens with zero attached hydrogens (tertiary/aromatic N) is 2. The SMILES string of the molecule is N#Cc1cc(F)ccc1Nc1ccc(C(=O)O)nc1. The highest BCUT2D eigenvalue weighted by Gasteiger charge is 2.06. The monoisotopic (exact) mass is 257 g/mol. The van der Waals surface area contributed by atoms with Crippen LogP contribution in [-0.2, 0) is 0 Å². The summed E-state index contributed by atoms with van der Waals surface area (Å²) in [6.45, 7) is 0. The Morgan fingerprint density at radius 2 is 2.16 bits per heavy atom. The summed E-state index contributed by atoms with van der Waals surface area (Å²) in [6.07, 6.45) is 1.33. The molecule has 1 aromatic heterocycles. The lowest BCUT2D eigenvalue weighted by Crippen LogP contribution is -2.01. The predicted octanol–water partition coefficient (Wildman–Crippen LogP) is 2.53. The van der Waals surface area contributed by atoms with Gasteiger partial charge < -0.3 is 10.4 Å². The van der Waals surface area contributed by atoms with Gasteiger partial charge in [0.1, 0.15) is 17.6 Å². The zero-order chi connectivity index (χ0) is 13.8. The summed E-state index contributed by atoms with van der Waals surface area (Å²) in [5.41, 5.74) is 1.01. The van der Waals surface area contributed by atoms with E-state index >= 15 is 0 Å². The molecule has 2 N–H and O–H groups in total. The van der Waals surface area contributed by atoms with Gasteiger partial charge in [-0.3, -0.25) is 0 Å². The Bertz CT molecular complexity index is 663. The molecule has 0 saturated carbocycles. The van der Waals surface area contributed by atoms with Crippen molar-refractivity contribution in [2.24, 2.45) is 0 Å². The normalized spacial score (nSPS) is 9.68. The van der Waals surface area contributed by atoms with E-state index in [1.54, 1.807) is 0 Å². The van der Waals surface area contributed by atoms with Gasteiger partial charge in [0.05, 0.1) is 23.1 Å². The Morgan fingerprint density at radius 3 is 2.74 bits per heavy atom. The van der Waals surface area contributed by atoms with E-state index in [1.165, 1.54) is 30.5 Å². The average molecular weight is 257 g/mol. The lowest BCUT2D eigenvalue weighted by atomic mass is 10.2. The molecule has 2 aromatic rings. The second kappa shape index (κ2) is 5.14. The number of aromatic carboxylic acids is 1. The quantitative estimate of drug-likeness (QED) is 0.882. The molecule has 0 bridgehead atoms. The summed E-state index contributed by atoms with van der Waals surface area (Å²) in [4.78, 5) is 14.4. The van der Waals surface area contributed by atoms with E-state index < -0.39 is 11.8 Å². The van der Waals surface area contributed by atoms with Gasteiger partial charge in [0.25, 0.3) is 0 Å². The first-order valence-electron chi connectivity index (χ1n) is 5.26. The van der Waals surface area contributed by atoms with E-state index in [0.717, 1.165) is 6.07 Å². The van der Waals surface area contributed by atoms with Crippen LogP contribution in [0.25, 0.3) is 0 Å². The van der Waals surface area contributed by atoms with Gasteiger partial charge in [0, 0.05) is 0 Å². The van der Waals surface area contributed by atoms with Crippen molar-refractivity contribution in [3.05, 3.63) is 53.6 Å². The fourth-order valence-corrected chi connectivity index (χ4v) is 1.47. The predicted molar refractivity (Wildman–Crippen MR) is 65.6 cm³/mol. The number of rotatable bonds is 3. The van der Waals surface area contributed by atoms with Crippen molar-refractivity contribution in [1.29, 1.82) is 5.26 Å². The maximum atomic E-state index is 13.0. The van der Waals surface area contributed by atoms with Crippen molar-refractivity contribution in [2.75, 3.05) is 5.32 Å². The second-order valence-electron chi connectivity index (χ2n) is 3.66. The highest BCUT2D eigenvalue weighted by molar-refractivity contribution is 5.85. The summed E-state index contributed by atoms with van der Waals surface area (Å²) in [5.74, 6) is -1.62. The van der Waals surface area contributed by atoms with Crippen molar-refractivity contribution < 1.29 is 14.3 Å². The molecule has 0 saturated heterocycles. The fourth-order valence-electron chi connectivity index (χ4n) is 1.47. The van der Waals surface area contributed by atoms with Gasteiger partial charge in [-0.2, -0.15) is 5.26 Å². The van der Waals surface area contributed by atoms with Gasteiger partial charge in [0.15, 0.2) is 0 Å². The molecule has 0 amide bonds. The minimum Gasteiger partial charge on any atom is -0.477 e. The molecular formula is C13H8FN3O2. The van der Waals surface area contributed by atoms with Gasteiger partial charge in [-0.1, -0.05) is 0 Å². The maximum Gasteiger partial charge on any atom is 0.354 e. The molecular weight excluding hydrogens is 249 g/mol. The fraction of sp³-hybridized carbons (Fsp3) is 0. The smallest absolute Gasteiger partial charge is 0.354 e. The van der Waals surface area contributed by atoms with Gasteiger partial charge in [0.2, 0.25) is 0 Å². The Hall–Kier alpha value is -2.94. The Balaban J connectivity index is 2.26. The van der Waals surface area contributed by atoms with Crippen LogP contribution in [0.5, 0.6) is 0 Å². The maximum absolute atomic E-state index is 13.0. The molecule has 1 aromatic carbocycles. The molecule has 0 aliphatic rings. The van der Waals surface area contributed by atoms with Gasteiger partial charge in [-0.25, -0.2) is 14.2 Å². The van der Waals surface area contributed by atoms with E-state index in [1.807, 2.05) is 6.07 Å². The molecule has 1 heterocycles. The molecule has 0 atom stereocenters. The Kier molecular flexibility index (Phi) is 3.39. The second-order valence-corrected chi connectivity index (χ2v) is 3.66. The molecule has 0 fully saturated rings. The van der Waals surface area contributed by atoms with E-state index in [0.29, 0.717) is 11.4 Å². The topological polar surface area (TPSA) is 86.0 Å². The highest BCUT2D eigenvalue weighted by Crippen LogP contribution is 2.20. The van der Waals surface area contributed by atoms with Crippen LogP contribution in [-0.4, -0.2) is 16.1 Å². The standard InChI is InChI=1S/C13H8FN3O2/c14-9-1-3-11(8(5-9)6-15)17-10-2-4-12(13(18)19)16-7-10/h1-5,7,17H,(H,18,19). The molecule has 94 valence electrons. The molecule has 0 spiro atoms. The first-order chi connectivity index (χ1) is 9.10. The van der Waals surface area contributed by atoms with Crippen molar-refractivity contribution in [2.45, 2.75) is 0 Å². The number of hydrogen-bond donors (Lipinski definition) is 2. The summed E-state index contributed by atoms with van der Waals surface area (Å²) in [6, 6.07) is 8.48. The van der Waals surface area contributed by atoms with Crippen LogP contribution in [0.4, 0.5) is 15.8 Å². The number of anilines is 2. The minimum atomic E-state index is -1.12. The summed E-state index contributed by atoms with van der Waals surface area (Å²) < 4.78 is 13.0. The molecule has 2 rings (SSSR count). The Morgan fingerprint density at radius 1 is 1.37 bits per heavy atom. The first kappa shape index (κ1) is 12.5. The van der Waals surface area contributed by atoms with Crippen LogP contribution in [0.2, 0.25) is 0 Å². The van der Waals surface area contributed by atoms with Gasteiger partial charge in [-0.05, 0) is 30.3 Å². The van der Waals surface area contributed by atoms with E-state index in [9.17, 15) is 9.18 Å². The van der Waals surface area contributed by atoms with Crippen LogP contribution in [0.3, 0.4) is 0 Å². The number of carboxylic acid groups (broad SMARTS) is 1. The molecule has 0 radical (unpaired) electrons. The average Bonchev–Trinajstić information content (AvgIpc) is 2.41. The largest absolute Gasteiger partial charge is 0.477 e. The molecule has 19 heavy (non-hydrogen) atoms. The van der Waals surface area contributed by atoms with Gasteiger partial charge >= 0.3 is 5.97 Å². The zero-order valence-corrected chi connectivity index (χ0v) is 9.59. The van der Waals surface area contributed by atoms with Crippen LogP contribution >= 0.6 is 0 Å². The van der Waals surface area contributed by atoms with Crippen molar-refractivity contribution in [3.63, 3.8) is 0 Å². The molecule has 0 aliphatic carbocycles. The highest BCUT2D eigenvalue weighted by atomic mass is 19.1. The van der Waals surface area contributed by atoms with Gasteiger partial charge in [-0.15, -0.1) is 0 Å². The van der Waals surface area contributed by atoms with Crippen LogP contribution in [0, 0.1) is 17.1 Å². The van der Waals surface area contributed by atoms with Crippen LogP contribution < -0.4 is 5.32 Å². The number of nitrogens with one attached hydrogen (secondary N) is 1. The lowest BCUT2D eigenvalue weighted by molar-refractivity contribution is 0.0690. The molecule has 6 heteroatoms. The van der Waals surface area contributed by atoms with E-state index in [-0.39, 0.29) is 11.3 Å². The number of carboxylic acids is 1. The summed E-state index contributed by atoms with van der Waals surface area (Å²) in [5, 5.41) is 20.5. The third-order valence-corrected chi connectivity index (χ3v) is 2.36.